The van der Waals surface area contributed by atoms with Gasteiger partial charge in [0, 0.05) is 17.5 Å². The van der Waals surface area contributed by atoms with Crippen molar-refractivity contribution in [1.82, 2.24) is 14.8 Å². The van der Waals surface area contributed by atoms with E-state index in [4.69, 9.17) is 9.47 Å². The maximum Gasteiger partial charge on any atom is 0.341 e. The number of carbonyl (C=O) groups excluding carboxylic acids is 2. The fourth-order valence-corrected chi connectivity index (χ4v) is 5.38. The summed E-state index contributed by atoms with van der Waals surface area (Å²) in [6.45, 7) is 4.91. The predicted molar refractivity (Wildman–Crippen MR) is 142 cm³/mol. The molecule has 0 aliphatic heterocycles. The van der Waals surface area contributed by atoms with Crippen molar-refractivity contribution in [3.8, 4) is 16.9 Å². The number of thiophene rings is 1. The molecule has 0 saturated carbocycles. The largest absolute Gasteiger partial charge is 0.486 e. The molecule has 1 amide bonds. The first kappa shape index (κ1) is 25.5. The van der Waals surface area contributed by atoms with Crippen LogP contribution in [0.3, 0.4) is 0 Å². The molecule has 0 atom stereocenters. The smallest absolute Gasteiger partial charge is 0.341 e. The molecule has 0 unspecified atom stereocenters. The molecule has 186 valence electrons. The molecule has 2 heterocycles. The van der Waals surface area contributed by atoms with Crippen molar-refractivity contribution < 1.29 is 19.1 Å². The minimum atomic E-state index is -0.498. The lowest BCUT2D eigenvalue weighted by molar-refractivity contribution is -0.113. The van der Waals surface area contributed by atoms with E-state index in [1.165, 1.54) is 30.2 Å². The van der Waals surface area contributed by atoms with E-state index in [9.17, 15) is 9.59 Å². The third-order valence-corrected chi connectivity index (χ3v) is 7.18. The van der Waals surface area contributed by atoms with Crippen LogP contribution < -0.4 is 10.1 Å². The topological polar surface area (TPSA) is 95.3 Å². The molecule has 0 saturated heterocycles. The molecule has 4 rings (SSSR count). The second-order valence-electron chi connectivity index (χ2n) is 7.80. The van der Waals surface area contributed by atoms with E-state index >= 15 is 0 Å². The van der Waals surface area contributed by atoms with E-state index in [1.807, 2.05) is 78.4 Å². The standard InChI is InChI=1S/C26H26N4O4S2/c1-4-30-21(14-34-19-12-8-9-17(2)13-19)28-29-26(30)36-16-22(31)27-24-23(25(32)33-3)20(15-35-24)18-10-6-5-7-11-18/h5-13,15H,4,14,16H2,1-3H3,(H,27,31). The van der Waals surface area contributed by atoms with Gasteiger partial charge < -0.3 is 19.4 Å². The van der Waals surface area contributed by atoms with Crippen LogP contribution in [0.15, 0.2) is 65.1 Å². The van der Waals surface area contributed by atoms with Gasteiger partial charge in [-0.1, -0.05) is 54.2 Å². The van der Waals surface area contributed by atoms with E-state index in [-0.39, 0.29) is 18.3 Å². The minimum absolute atomic E-state index is 0.107. The molecule has 2 aromatic carbocycles. The Morgan fingerprint density at radius 2 is 1.92 bits per heavy atom. The first-order valence-electron chi connectivity index (χ1n) is 11.3. The van der Waals surface area contributed by atoms with Gasteiger partial charge in [-0.05, 0) is 37.1 Å². The normalized spacial score (nSPS) is 10.8. The van der Waals surface area contributed by atoms with Crippen molar-refractivity contribution in [3.63, 3.8) is 0 Å². The third kappa shape index (κ3) is 5.95. The monoisotopic (exact) mass is 522 g/mol. The average molecular weight is 523 g/mol. The van der Waals surface area contributed by atoms with Crippen LogP contribution in [-0.4, -0.2) is 39.5 Å². The number of rotatable bonds is 10. The predicted octanol–water partition coefficient (Wildman–Crippen LogP) is 5.43. The SMILES string of the molecule is CCn1c(COc2cccc(C)c2)nnc1SCC(=O)Nc1scc(-c2ccccc2)c1C(=O)OC. The number of methoxy groups -OCH3 is 1. The quantitative estimate of drug-likeness (QED) is 0.219. The van der Waals surface area contributed by atoms with Gasteiger partial charge in [0.05, 0.1) is 12.9 Å². The Labute approximate surface area is 217 Å². The van der Waals surface area contributed by atoms with Gasteiger partial charge in [-0.15, -0.1) is 21.5 Å². The molecule has 2 aromatic heterocycles. The van der Waals surface area contributed by atoms with E-state index in [0.717, 1.165) is 22.4 Å². The Morgan fingerprint density at radius 1 is 1.11 bits per heavy atom. The van der Waals surface area contributed by atoms with Gasteiger partial charge >= 0.3 is 5.97 Å². The maximum atomic E-state index is 12.8. The van der Waals surface area contributed by atoms with Crippen LogP contribution in [0.2, 0.25) is 0 Å². The summed E-state index contributed by atoms with van der Waals surface area (Å²) in [5.41, 5.74) is 3.06. The highest BCUT2D eigenvalue weighted by Gasteiger charge is 2.22. The van der Waals surface area contributed by atoms with Gasteiger partial charge in [-0.25, -0.2) is 4.79 Å². The number of aromatic nitrogens is 3. The highest BCUT2D eigenvalue weighted by atomic mass is 32.2. The van der Waals surface area contributed by atoms with Crippen molar-refractivity contribution >= 4 is 40.0 Å². The Bertz CT molecular complexity index is 1350. The molecular weight excluding hydrogens is 496 g/mol. The van der Waals surface area contributed by atoms with Crippen LogP contribution in [0.1, 0.15) is 28.7 Å². The molecule has 8 nitrogen and oxygen atoms in total. The van der Waals surface area contributed by atoms with Crippen molar-refractivity contribution in [1.29, 1.82) is 0 Å². The van der Waals surface area contributed by atoms with Gasteiger partial charge in [0.2, 0.25) is 5.91 Å². The van der Waals surface area contributed by atoms with Gasteiger partial charge in [-0.3, -0.25) is 4.79 Å². The second kappa shape index (κ2) is 11.9. The molecule has 10 heteroatoms. The molecular formula is C26H26N4O4S2. The summed E-state index contributed by atoms with van der Waals surface area (Å²) in [7, 11) is 1.33. The van der Waals surface area contributed by atoms with E-state index in [2.05, 4.69) is 15.5 Å². The fourth-order valence-electron chi connectivity index (χ4n) is 3.58. The Kier molecular flexibility index (Phi) is 8.40. The summed E-state index contributed by atoms with van der Waals surface area (Å²) < 4.78 is 12.8. The van der Waals surface area contributed by atoms with Crippen LogP contribution >= 0.6 is 23.1 Å². The first-order chi connectivity index (χ1) is 17.5. The number of anilines is 1. The number of aryl methyl sites for hydroxylation is 1. The summed E-state index contributed by atoms with van der Waals surface area (Å²) in [5.74, 6) is 0.801. The summed E-state index contributed by atoms with van der Waals surface area (Å²) in [6.07, 6.45) is 0. The highest BCUT2D eigenvalue weighted by Crippen LogP contribution is 2.36. The molecule has 0 aliphatic carbocycles. The summed E-state index contributed by atoms with van der Waals surface area (Å²) in [4.78, 5) is 25.3. The molecule has 0 bridgehead atoms. The Hall–Kier alpha value is -3.63. The first-order valence-corrected chi connectivity index (χ1v) is 13.2. The number of hydrogen-bond donors (Lipinski definition) is 1. The van der Waals surface area contributed by atoms with Crippen molar-refractivity contribution in [2.45, 2.75) is 32.2 Å². The number of ether oxygens (including phenoxy) is 2. The molecule has 4 aromatic rings. The molecule has 36 heavy (non-hydrogen) atoms. The lowest BCUT2D eigenvalue weighted by Gasteiger charge is -2.10. The van der Waals surface area contributed by atoms with Crippen molar-refractivity contribution in [2.24, 2.45) is 0 Å². The van der Waals surface area contributed by atoms with Crippen molar-refractivity contribution in [3.05, 3.63) is 76.9 Å². The van der Waals surface area contributed by atoms with Gasteiger partial charge in [-0.2, -0.15) is 0 Å². The second-order valence-corrected chi connectivity index (χ2v) is 9.62. The van der Waals surface area contributed by atoms with Crippen LogP contribution in [0.25, 0.3) is 11.1 Å². The zero-order valence-corrected chi connectivity index (χ0v) is 21.8. The van der Waals surface area contributed by atoms with E-state index in [1.54, 1.807) is 0 Å². The van der Waals surface area contributed by atoms with E-state index in [0.29, 0.717) is 28.1 Å². The van der Waals surface area contributed by atoms with Crippen LogP contribution in [0, 0.1) is 6.92 Å². The van der Waals surface area contributed by atoms with Gasteiger partial charge in [0.25, 0.3) is 0 Å². The molecule has 0 fully saturated rings. The summed E-state index contributed by atoms with van der Waals surface area (Å²) in [6, 6.07) is 17.3. The van der Waals surface area contributed by atoms with Gasteiger partial charge in [0.1, 0.15) is 22.9 Å². The lowest BCUT2D eigenvalue weighted by Crippen LogP contribution is -2.16. The van der Waals surface area contributed by atoms with Gasteiger partial charge in [0.15, 0.2) is 11.0 Å². The van der Waals surface area contributed by atoms with Crippen molar-refractivity contribution in [2.75, 3.05) is 18.2 Å². The number of hydrogen-bond acceptors (Lipinski definition) is 8. The number of benzene rings is 2. The average Bonchev–Trinajstić information content (AvgIpc) is 3.49. The summed E-state index contributed by atoms with van der Waals surface area (Å²) in [5, 5.41) is 14.3. The highest BCUT2D eigenvalue weighted by molar-refractivity contribution is 7.99. The number of amides is 1. The van der Waals surface area contributed by atoms with E-state index < -0.39 is 5.97 Å². The Morgan fingerprint density at radius 3 is 2.64 bits per heavy atom. The molecule has 1 N–H and O–H groups in total. The van der Waals surface area contributed by atoms with Crippen LogP contribution in [0.5, 0.6) is 5.75 Å². The fraction of sp³-hybridized carbons (Fsp3) is 0.231. The number of carbonyl (C=O) groups is 2. The third-order valence-electron chi connectivity index (χ3n) is 5.32. The van der Waals surface area contributed by atoms with Crippen LogP contribution in [0.4, 0.5) is 5.00 Å². The molecule has 0 aliphatic rings. The maximum absolute atomic E-state index is 12.8. The number of nitrogens with zero attached hydrogens (tertiary/aromatic N) is 3. The minimum Gasteiger partial charge on any atom is -0.486 e. The van der Waals surface area contributed by atoms with Crippen LogP contribution in [-0.2, 0) is 22.7 Å². The number of esters is 1. The Balaban J connectivity index is 1.42. The zero-order chi connectivity index (χ0) is 25.5. The molecule has 0 spiro atoms. The number of nitrogens with one attached hydrogen (secondary N) is 1. The summed E-state index contributed by atoms with van der Waals surface area (Å²) >= 11 is 2.57. The lowest BCUT2D eigenvalue weighted by atomic mass is 10.0. The number of thioether (sulfide) groups is 1. The molecule has 0 radical (unpaired) electrons. The zero-order valence-electron chi connectivity index (χ0n) is 20.2.